The number of ether oxygens (including phenoxy) is 1. The molecule has 1 rings (SSSR count). The normalized spacial score (nSPS) is 11.6. The van der Waals surface area contributed by atoms with Gasteiger partial charge in [0.05, 0.1) is 6.61 Å². The monoisotopic (exact) mass is 356 g/mol. The molecule has 0 aliphatic rings. The molecular weight excluding hydrogens is 336 g/mol. The Kier molecular flexibility index (Phi) is 7.82. The number of likely N-dealkylation sites (N-methyl/N-ethyl adjacent to an activating group) is 1. The van der Waals surface area contributed by atoms with E-state index in [0.29, 0.717) is 26.0 Å². The molecule has 5 nitrogen and oxygen atoms in total. The number of carbonyl (C=O) groups is 2. The minimum absolute atomic E-state index is 0.147. The third-order valence-electron chi connectivity index (χ3n) is 2.73. The van der Waals surface area contributed by atoms with Crippen molar-refractivity contribution in [2.45, 2.75) is 32.7 Å². The van der Waals surface area contributed by atoms with E-state index in [1.807, 2.05) is 31.2 Å². The molecule has 0 unspecified atom stereocenters. The Labute approximate surface area is 133 Å². The number of hydrogen-bond acceptors (Lipinski definition) is 3. The third-order valence-corrected chi connectivity index (χ3v) is 3.23. The zero-order valence-electron chi connectivity index (χ0n) is 12.3. The number of rotatable bonds is 8. The summed E-state index contributed by atoms with van der Waals surface area (Å²) >= 11 is 3.37. The number of hydrogen-bond donors (Lipinski definition) is 2. The van der Waals surface area contributed by atoms with Gasteiger partial charge in [-0.05, 0) is 38.5 Å². The first kappa shape index (κ1) is 17.5. The summed E-state index contributed by atoms with van der Waals surface area (Å²) < 4.78 is 6.49. The van der Waals surface area contributed by atoms with Crippen molar-refractivity contribution in [1.29, 1.82) is 0 Å². The zero-order valence-corrected chi connectivity index (χ0v) is 13.9. The summed E-state index contributed by atoms with van der Waals surface area (Å²) in [5.74, 6) is 0.448. The number of amides is 2. The van der Waals surface area contributed by atoms with Crippen LogP contribution >= 0.6 is 15.9 Å². The van der Waals surface area contributed by atoms with Crippen LogP contribution < -0.4 is 15.4 Å². The second-order valence-corrected chi connectivity index (χ2v) is 5.51. The smallest absolute Gasteiger partial charge is 0.242 e. The van der Waals surface area contributed by atoms with Crippen LogP contribution in [-0.4, -0.2) is 31.0 Å². The molecule has 1 atom stereocenters. The molecule has 116 valence electrons. The fourth-order valence-corrected chi connectivity index (χ4v) is 2.06. The van der Waals surface area contributed by atoms with Gasteiger partial charge < -0.3 is 15.4 Å². The molecule has 0 heterocycles. The minimum atomic E-state index is -0.511. The molecule has 0 aliphatic carbocycles. The Bertz CT molecular complexity index is 480. The van der Waals surface area contributed by atoms with Crippen molar-refractivity contribution in [3.8, 4) is 5.75 Å². The van der Waals surface area contributed by atoms with E-state index in [2.05, 4.69) is 26.6 Å². The number of carbonyl (C=O) groups excluding carboxylic acids is 2. The summed E-state index contributed by atoms with van der Waals surface area (Å²) in [7, 11) is 0. The van der Waals surface area contributed by atoms with E-state index in [1.54, 1.807) is 6.92 Å². The summed E-state index contributed by atoms with van der Waals surface area (Å²) in [4.78, 5) is 23.1. The van der Waals surface area contributed by atoms with Crippen LogP contribution in [0.25, 0.3) is 0 Å². The first-order chi connectivity index (χ1) is 10.0. The average molecular weight is 357 g/mol. The Morgan fingerprint density at radius 2 is 2.14 bits per heavy atom. The number of halogens is 1. The molecule has 0 radical (unpaired) electrons. The van der Waals surface area contributed by atoms with Gasteiger partial charge in [-0.2, -0.15) is 0 Å². The van der Waals surface area contributed by atoms with Crippen molar-refractivity contribution in [2.24, 2.45) is 0 Å². The average Bonchev–Trinajstić information content (AvgIpc) is 2.44. The predicted octanol–water partition coefficient (Wildman–Crippen LogP) is 2.25. The lowest BCUT2D eigenvalue weighted by molar-refractivity contribution is -0.128. The second-order valence-electron chi connectivity index (χ2n) is 4.59. The van der Waals surface area contributed by atoms with Gasteiger partial charge in [-0.3, -0.25) is 9.59 Å². The van der Waals surface area contributed by atoms with E-state index in [-0.39, 0.29) is 11.8 Å². The molecule has 2 N–H and O–H groups in total. The van der Waals surface area contributed by atoms with E-state index in [0.717, 1.165) is 10.2 Å². The fraction of sp³-hybridized carbons (Fsp3) is 0.467. The molecule has 1 aromatic rings. The summed E-state index contributed by atoms with van der Waals surface area (Å²) in [5, 5.41) is 5.32. The lowest BCUT2D eigenvalue weighted by Crippen LogP contribution is -2.44. The Balaban J connectivity index is 2.20. The molecule has 0 fully saturated rings. The van der Waals surface area contributed by atoms with Gasteiger partial charge in [0.1, 0.15) is 11.8 Å². The standard InChI is InChI=1S/C15H21BrN2O3/c1-3-17-15(20)11(2)18-14(19)8-5-9-21-13-7-4-6-12(16)10-13/h4,6-7,10-11H,3,5,8-9H2,1-2H3,(H,17,20)(H,18,19)/t11-/m1/s1. The quantitative estimate of drug-likeness (QED) is 0.702. The number of benzene rings is 1. The predicted molar refractivity (Wildman–Crippen MR) is 85.2 cm³/mol. The largest absolute Gasteiger partial charge is 0.494 e. The maximum Gasteiger partial charge on any atom is 0.242 e. The lowest BCUT2D eigenvalue weighted by atomic mass is 10.2. The summed E-state index contributed by atoms with van der Waals surface area (Å²) in [6, 6.07) is 7.03. The topological polar surface area (TPSA) is 67.4 Å². The summed E-state index contributed by atoms with van der Waals surface area (Å²) in [6.45, 7) is 4.52. The van der Waals surface area contributed by atoms with Crippen molar-refractivity contribution in [3.63, 3.8) is 0 Å². The van der Waals surface area contributed by atoms with Crippen molar-refractivity contribution in [1.82, 2.24) is 10.6 Å². The Morgan fingerprint density at radius 1 is 1.38 bits per heavy atom. The highest BCUT2D eigenvalue weighted by Gasteiger charge is 2.14. The first-order valence-electron chi connectivity index (χ1n) is 6.98. The molecule has 1 aromatic carbocycles. The van der Waals surface area contributed by atoms with E-state index < -0.39 is 6.04 Å². The van der Waals surface area contributed by atoms with Gasteiger partial charge >= 0.3 is 0 Å². The van der Waals surface area contributed by atoms with Gasteiger partial charge in [-0.15, -0.1) is 0 Å². The van der Waals surface area contributed by atoms with Crippen LogP contribution in [0.1, 0.15) is 26.7 Å². The molecular formula is C15H21BrN2O3. The van der Waals surface area contributed by atoms with Crippen LogP contribution in [0.2, 0.25) is 0 Å². The summed E-state index contributed by atoms with van der Waals surface area (Å²) in [6.07, 6.45) is 0.929. The zero-order chi connectivity index (χ0) is 15.7. The van der Waals surface area contributed by atoms with Crippen molar-refractivity contribution in [3.05, 3.63) is 28.7 Å². The molecule has 21 heavy (non-hydrogen) atoms. The van der Waals surface area contributed by atoms with Crippen LogP contribution in [0.4, 0.5) is 0 Å². The molecule has 0 saturated carbocycles. The molecule has 0 bridgehead atoms. The SMILES string of the molecule is CCNC(=O)[C@@H](C)NC(=O)CCCOc1cccc(Br)c1. The Hall–Kier alpha value is -1.56. The van der Waals surface area contributed by atoms with Gasteiger partial charge in [-0.25, -0.2) is 0 Å². The maximum atomic E-state index is 11.7. The molecule has 2 amide bonds. The van der Waals surface area contributed by atoms with Gasteiger partial charge in [0.25, 0.3) is 0 Å². The molecule has 6 heteroatoms. The molecule has 0 saturated heterocycles. The minimum Gasteiger partial charge on any atom is -0.494 e. The highest BCUT2D eigenvalue weighted by molar-refractivity contribution is 9.10. The molecule has 0 aromatic heterocycles. The van der Waals surface area contributed by atoms with E-state index in [1.165, 1.54) is 0 Å². The van der Waals surface area contributed by atoms with Gasteiger partial charge in [0.15, 0.2) is 0 Å². The van der Waals surface area contributed by atoms with Gasteiger partial charge in [0, 0.05) is 17.4 Å². The first-order valence-corrected chi connectivity index (χ1v) is 7.77. The van der Waals surface area contributed by atoms with Crippen molar-refractivity contribution in [2.75, 3.05) is 13.2 Å². The van der Waals surface area contributed by atoms with Gasteiger partial charge in [0.2, 0.25) is 11.8 Å². The van der Waals surface area contributed by atoms with E-state index >= 15 is 0 Å². The number of nitrogens with one attached hydrogen (secondary N) is 2. The van der Waals surface area contributed by atoms with E-state index in [4.69, 9.17) is 4.74 Å². The lowest BCUT2D eigenvalue weighted by Gasteiger charge is -2.13. The van der Waals surface area contributed by atoms with Crippen molar-refractivity contribution >= 4 is 27.7 Å². The highest BCUT2D eigenvalue weighted by Crippen LogP contribution is 2.17. The van der Waals surface area contributed by atoms with Gasteiger partial charge in [-0.1, -0.05) is 22.0 Å². The van der Waals surface area contributed by atoms with Crippen LogP contribution in [0.3, 0.4) is 0 Å². The molecule has 0 aliphatic heterocycles. The van der Waals surface area contributed by atoms with Crippen LogP contribution in [0.15, 0.2) is 28.7 Å². The van der Waals surface area contributed by atoms with Crippen LogP contribution in [-0.2, 0) is 9.59 Å². The van der Waals surface area contributed by atoms with Crippen LogP contribution in [0, 0.1) is 0 Å². The third kappa shape index (κ3) is 7.13. The molecule has 0 spiro atoms. The maximum absolute atomic E-state index is 11.7. The van der Waals surface area contributed by atoms with E-state index in [9.17, 15) is 9.59 Å². The van der Waals surface area contributed by atoms with Crippen LogP contribution in [0.5, 0.6) is 5.75 Å². The summed E-state index contributed by atoms with van der Waals surface area (Å²) in [5.41, 5.74) is 0. The van der Waals surface area contributed by atoms with Crippen molar-refractivity contribution < 1.29 is 14.3 Å². The Morgan fingerprint density at radius 3 is 2.81 bits per heavy atom. The second kappa shape index (κ2) is 9.39. The highest BCUT2D eigenvalue weighted by atomic mass is 79.9. The fourth-order valence-electron chi connectivity index (χ4n) is 1.69.